The maximum absolute atomic E-state index is 12.5. The van der Waals surface area contributed by atoms with Gasteiger partial charge in [-0.25, -0.2) is 0 Å². The van der Waals surface area contributed by atoms with Gasteiger partial charge in [0.25, 0.3) is 11.8 Å². The van der Waals surface area contributed by atoms with Gasteiger partial charge in [0.15, 0.2) is 5.76 Å². The van der Waals surface area contributed by atoms with Crippen molar-refractivity contribution in [1.29, 1.82) is 0 Å². The van der Waals surface area contributed by atoms with Gasteiger partial charge in [-0.1, -0.05) is 30.3 Å². The van der Waals surface area contributed by atoms with Crippen molar-refractivity contribution in [2.24, 2.45) is 5.73 Å². The van der Waals surface area contributed by atoms with E-state index in [2.05, 4.69) is 0 Å². The first-order valence-electron chi connectivity index (χ1n) is 8.08. The van der Waals surface area contributed by atoms with Gasteiger partial charge in [0, 0.05) is 23.7 Å². The summed E-state index contributed by atoms with van der Waals surface area (Å²) in [6, 6.07) is 14.6. The lowest BCUT2D eigenvalue weighted by molar-refractivity contribution is -0.140. The third-order valence-corrected chi connectivity index (χ3v) is 4.24. The molecule has 6 nitrogen and oxygen atoms in total. The zero-order valence-electron chi connectivity index (χ0n) is 14.5. The van der Waals surface area contributed by atoms with E-state index in [-0.39, 0.29) is 11.7 Å². The average molecular weight is 350 g/mol. The lowest BCUT2D eigenvalue weighted by atomic mass is 10.1. The van der Waals surface area contributed by atoms with Crippen molar-refractivity contribution in [3.63, 3.8) is 0 Å². The molecule has 0 fully saturated rings. The molecule has 26 heavy (non-hydrogen) atoms. The van der Waals surface area contributed by atoms with E-state index >= 15 is 0 Å². The van der Waals surface area contributed by atoms with Crippen LogP contribution in [0.3, 0.4) is 0 Å². The summed E-state index contributed by atoms with van der Waals surface area (Å²) in [6.07, 6.45) is 0. The van der Waals surface area contributed by atoms with Crippen LogP contribution in [-0.4, -0.2) is 17.8 Å². The maximum Gasteiger partial charge on any atom is 0.308 e. The summed E-state index contributed by atoms with van der Waals surface area (Å²) >= 11 is 0. The SMILES string of the molecule is CC(=O)O/C(C(N)=O)=C(\C)c1ccc(N2Cc3ccccc3C2=O)cc1. The van der Waals surface area contributed by atoms with Crippen molar-refractivity contribution in [2.75, 3.05) is 4.90 Å². The van der Waals surface area contributed by atoms with Gasteiger partial charge in [0.2, 0.25) is 0 Å². The number of anilines is 1. The zero-order chi connectivity index (χ0) is 18.8. The van der Waals surface area contributed by atoms with Crippen molar-refractivity contribution in [1.82, 2.24) is 0 Å². The molecule has 6 heteroatoms. The first-order valence-corrected chi connectivity index (χ1v) is 8.08. The Morgan fingerprint density at radius 3 is 2.27 bits per heavy atom. The molecule has 1 aliphatic rings. The Balaban J connectivity index is 1.89. The highest BCUT2D eigenvalue weighted by Crippen LogP contribution is 2.29. The number of allylic oxidation sites excluding steroid dienone is 1. The number of ether oxygens (including phenoxy) is 1. The average Bonchev–Trinajstić information content (AvgIpc) is 2.96. The molecule has 132 valence electrons. The summed E-state index contributed by atoms with van der Waals surface area (Å²) in [7, 11) is 0. The number of hydrogen-bond acceptors (Lipinski definition) is 4. The second kappa shape index (κ2) is 6.84. The number of esters is 1. The van der Waals surface area contributed by atoms with Crippen LogP contribution in [0.1, 0.15) is 35.3 Å². The Kier molecular flexibility index (Phi) is 4.58. The molecule has 0 aliphatic carbocycles. The number of carbonyl (C=O) groups excluding carboxylic acids is 3. The van der Waals surface area contributed by atoms with E-state index in [9.17, 15) is 14.4 Å². The van der Waals surface area contributed by atoms with Crippen molar-refractivity contribution in [3.05, 3.63) is 71.0 Å². The Bertz CT molecular complexity index is 929. The summed E-state index contributed by atoms with van der Waals surface area (Å²) in [5.74, 6) is -1.66. The summed E-state index contributed by atoms with van der Waals surface area (Å²) in [5.41, 5.74) is 8.86. The van der Waals surface area contributed by atoms with E-state index in [4.69, 9.17) is 10.5 Å². The normalized spacial score (nSPS) is 13.9. The Hall–Kier alpha value is -3.41. The van der Waals surface area contributed by atoms with Crippen LogP contribution in [0.4, 0.5) is 5.69 Å². The fourth-order valence-corrected chi connectivity index (χ4v) is 2.94. The van der Waals surface area contributed by atoms with E-state index in [1.54, 1.807) is 36.1 Å². The Labute approximate surface area is 150 Å². The number of benzene rings is 2. The van der Waals surface area contributed by atoms with Crippen LogP contribution in [0.2, 0.25) is 0 Å². The van der Waals surface area contributed by atoms with Crippen molar-refractivity contribution in [3.8, 4) is 0 Å². The van der Waals surface area contributed by atoms with Crippen molar-refractivity contribution >= 4 is 29.0 Å². The van der Waals surface area contributed by atoms with Crippen LogP contribution < -0.4 is 10.6 Å². The smallest absolute Gasteiger partial charge is 0.308 e. The first kappa shape index (κ1) is 17.4. The van der Waals surface area contributed by atoms with Crippen molar-refractivity contribution < 1.29 is 19.1 Å². The van der Waals surface area contributed by atoms with Gasteiger partial charge < -0.3 is 15.4 Å². The fourth-order valence-electron chi connectivity index (χ4n) is 2.94. The highest BCUT2D eigenvalue weighted by molar-refractivity contribution is 6.10. The van der Waals surface area contributed by atoms with E-state index in [0.717, 1.165) is 11.3 Å². The van der Waals surface area contributed by atoms with Crippen molar-refractivity contribution in [2.45, 2.75) is 20.4 Å². The Morgan fingerprint density at radius 2 is 1.69 bits per heavy atom. The molecule has 1 aliphatic heterocycles. The van der Waals surface area contributed by atoms with Gasteiger partial charge in [-0.3, -0.25) is 14.4 Å². The molecule has 2 N–H and O–H groups in total. The standard InChI is InChI=1S/C20H18N2O4/c1-12(18(19(21)24)26-13(2)23)14-7-9-16(10-8-14)22-11-15-5-3-4-6-17(15)20(22)25/h3-10H,11H2,1-2H3,(H2,21,24)/b18-12+. The summed E-state index contributed by atoms with van der Waals surface area (Å²) in [5, 5.41) is 0. The van der Waals surface area contributed by atoms with E-state index in [0.29, 0.717) is 23.2 Å². The predicted octanol–water partition coefficient (Wildman–Crippen LogP) is 2.63. The van der Waals surface area contributed by atoms with Gasteiger partial charge in [-0.2, -0.15) is 0 Å². The first-order chi connectivity index (χ1) is 12.4. The molecule has 2 aromatic carbocycles. The summed E-state index contributed by atoms with van der Waals surface area (Å²) in [6.45, 7) is 3.37. The highest BCUT2D eigenvalue weighted by Gasteiger charge is 2.27. The van der Waals surface area contributed by atoms with Crippen LogP contribution in [0, 0.1) is 0 Å². The molecule has 0 saturated carbocycles. The third kappa shape index (κ3) is 3.21. The van der Waals surface area contributed by atoms with Gasteiger partial charge in [0.05, 0.1) is 6.54 Å². The number of carbonyl (C=O) groups is 3. The molecular formula is C20H18N2O4. The van der Waals surface area contributed by atoms with Crippen LogP contribution in [0.5, 0.6) is 0 Å². The second-order valence-corrected chi connectivity index (χ2v) is 6.01. The van der Waals surface area contributed by atoms with Crippen LogP contribution >= 0.6 is 0 Å². The van der Waals surface area contributed by atoms with E-state index < -0.39 is 11.9 Å². The molecule has 2 amide bonds. The maximum atomic E-state index is 12.5. The molecule has 2 aromatic rings. The molecule has 0 aromatic heterocycles. The van der Waals surface area contributed by atoms with Crippen LogP contribution in [-0.2, 0) is 20.9 Å². The summed E-state index contributed by atoms with van der Waals surface area (Å²) in [4.78, 5) is 36.9. The minimum atomic E-state index is -0.813. The molecule has 0 atom stereocenters. The monoisotopic (exact) mass is 350 g/mol. The minimum absolute atomic E-state index is 0.0432. The summed E-state index contributed by atoms with van der Waals surface area (Å²) < 4.78 is 4.92. The van der Waals surface area contributed by atoms with E-state index in [1.807, 2.05) is 24.3 Å². The second-order valence-electron chi connectivity index (χ2n) is 6.01. The number of amides is 2. The minimum Gasteiger partial charge on any atom is -0.421 e. The number of hydrogen-bond donors (Lipinski definition) is 1. The molecule has 3 rings (SSSR count). The third-order valence-electron chi connectivity index (χ3n) is 4.24. The van der Waals surface area contributed by atoms with E-state index in [1.165, 1.54) is 6.92 Å². The molecule has 1 heterocycles. The van der Waals surface area contributed by atoms with Gasteiger partial charge in [-0.05, 0) is 36.2 Å². The number of nitrogens with zero attached hydrogens (tertiary/aromatic N) is 1. The topological polar surface area (TPSA) is 89.7 Å². The molecule has 0 saturated heterocycles. The van der Waals surface area contributed by atoms with Crippen LogP contribution in [0.25, 0.3) is 5.57 Å². The molecule has 0 radical (unpaired) electrons. The lowest BCUT2D eigenvalue weighted by Crippen LogP contribution is -2.22. The predicted molar refractivity (Wildman–Crippen MR) is 97.0 cm³/mol. The van der Waals surface area contributed by atoms with Crippen LogP contribution in [0.15, 0.2) is 54.3 Å². The number of fused-ring (bicyclic) bond motifs is 1. The fraction of sp³-hybridized carbons (Fsp3) is 0.150. The zero-order valence-corrected chi connectivity index (χ0v) is 14.5. The lowest BCUT2D eigenvalue weighted by Gasteiger charge is -2.16. The molecular weight excluding hydrogens is 332 g/mol. The van der Waals surface area contributed by atoms with Gasteiger partial charge in [-0.15, -0.1) is 0 Å². The largest absolute Gasteiger partial charge is 0.421 e. The number of rotatable bonds is 4. The molecule has 0 bridgehead atoms. The number of nitrogens with two attached hydrogens (primary N) is 1. The molecule has 0 spiro atoms. The quantitative estimate of drug-likeness (QED) is 0.521. The Morgan fingerprint density at radius 1 is 1.04 bits per heavy atom. The highest BCUT2D eigenvalue weighted by atomic mass is 16.5. The van der Waals surface area contributed by atoms with Gasteiger partial charge in [0.1, 0.15) is 0 Å². The van der Waals surface area contributed by atoms with Gasteiger partial charge >= 0.3 is 5.97 Å². The number of primary amides is 1. The molecule has 0 unspecified atom stereocenters.